The van der Waals surface area contributed by atoms with Crippen molar-refractivity contribution in [2.24, 2.45) is 0 Å². The molecule has 21 heavy (non-hydrogen) atoms. The van der Waals surface area contributed by atoms with Gasteiger partial charge >= 0.3 is 5.97 Å². The van der Waals surface area contributed by atoms with E-state index in [2.05, 4.69) is 4.98 Å². The lowest BCUT2D eigenvalue weighted by Crippen LogP contribution is -2.00. The molecule has 4 nitrogen and oxygen atoms in total. The minimum atomic E-state index is -1.03. The first-order valence-electron chi connectivity index (χ1n) is 6.35. The summed E-state index contributed by atoms with van der Waals surface area (Å²) in [6.07, 6.45) is 2.29. The summed E-state index contributed by atoms with van der Waals surface area (Å²) in [6, 6.07) is 9.21. The normalized spacial score (nSPS) is 10.3. The van der Waals surface area contributed by atoms with Crippen molar-refractivity contribution in [2.45, 2.75) is 11.3 Å². The van der Waals surface area contributed by atoms with Gasteiger partial charge in [-0.3, -0.25) is 0 Å². The number of thioether (sulfide) groups is 1. The zero-order chi connectivity index (χ0) is 15.1. The third-order valence-electron chi connectivity index (χ3n) is 2.59. The van der Waals surface area contributed by atoms with E-state index in [4.69, 9.17) is 9.84 Å². The standard InChI is InChI=1S/C15H14FNO3S/c16-11-2-4-12(5-3-11)20-8-1-9-21-13-6-7-17-14(10-13)15(18)19/h2-7,10H,1,8-9H2,(H,18,19). The number of benzene rings is 1. The van der Waals surface area contributed by atoms with Crippen LogP contribution in [0.2, 0.25) is 0 Å². The molecule has 0 amide bonds. The summed E-state index contributed by atoms with van der Waals surface area (Å²) in [7, 11) is 0. The maximum absolute atomic E-state index is 12.7. The number of ether oxygens (including phenoxy) is 1. The molecule has 0 spiro atoms. The second kappa shape index (κ2) is 7.64. The van der Waals surface area contributed by atoms with Crippen LogP contribution < -0.4 is 4.74 Å². The fourth-order valence-electron chi connectivity index (χ4n) is 1.59. The van der Waals surface area contributed by atoms with Gasteiger partial charge in [0.05, 0.1) is 6.61 Å². The van der Waals surface area contributed by atoms with Crippen molar-refractivity contribution in [2.75, 3.05) is 12.4 Å². The van der Waals surface area contributed by atoms with E-state index < -0.39 is 5.97 Å². The lowest BCUT2D eigenvalue weighted by molar-refractivity contribution is 0.0690. The molecule has 110 valence electrons. The maximum atomic E-state index is 12.7. The van der Waals surface area contributed by atoms with Crippen LogP contribution in [0, 0.1) is 5.82 Å². The largest absolute Gasteiger partial charge is 0.494 e. The number of carbonyl (C=O) groups is 1. The van der Waals surface area contributed by atoms with Crippen LogP contribution in [-0.2, 0) is 0 Å². The molecule has 1 aromatic carbocycles. The molecule has 0 saturated carbocycles. The Morgan fingerprint density at radius 3 is 2.76 bits per heavy atom. The summed E-state index contributed by atoms with van der Waals surface area (Å²) in [5.41, 5.74) is 0.0440. The fraction of sp³-hybridized carbons (Fsp3) is 0.200. The molecule has 0 atom stereocenters. The van der Waals surface area contributed by atoms with Gasteiger partial charge in [-0.2, -0.15) is 0 Å². The van der Waals surface area contributed by atoms with Gasteiger partial charge in [0.1, 0.15) is 17.3 Å². The summed E-state index contributed by atoms with van der Waals surface area (Å²) < 4.78 is 18.2. The van der Waals surface area contributed by atoms with E-state index in [1.165, 1.54) is 18.3 Å². The Balaban J connectivity index is 1.71. The quantitative estimate of drug-likeness (QED) is 0.627. The molecule has 0 bridgehead atoms. The lowest BCUT2D eigenvalue weighted by Gasteiger charge is -2.06. The molecule has 1 aromatic heterocycles. The highest BCUT2D eigenvalue weighted by molar-refractivity contribution is 7.99. The van der Waals surface area contributed by atoms with Crippen molar-refractivity contribution >= 4 is 17.7 Å². The third-order valence-corrected chi connectivity index (χ3v) is 3.67. The van der Waals surface area contributed by atoms with E-state index in [1.807, 2.05) is 0 Å². The Morgan fingerprint density at radius 1 is 1.29 bits per heavy atom. The van der Waals surface area contributed by atoms with Gasteiger partial charge in [0, 0.05) is 16.8 Å². The Bertz CT molecular complexity index is 604. The second-order valence-corrected chi connectivity index (χ2v) is 5.35. The summed E-state index contributed by atoms with van der Waals surface area (Å²) >= 11 is 1.55. The predicted octanol–water partition coefficient (Wildman–Crippen LogP) is 3.48. The van der Waals surface area contributed by atoms with Crippen molar-refractivity contribution < 1.29 is 19.0 Å². The van der Waals surface area contributed by atoms with Gasteiger partial charge in [-0.1, -0.05) is 0 Å². The van der Waals surface area contributed by atoms with E-state index in [9.17, 15) is 9.18 Å². The molecule has 2 aromatic rings. The van der Waals surface area contributed by atoms with Crippen molar-refractivity contribution in [3.05, 3.63) is 54.1 Å². The summed E-state index contributed by atoms with van der Waals surface area (Å²) in [5, 5.41) is 8.85. The summed E-state index contributed by atoms with van der Waals surface area (Å²) in [4.78, 5) is 15.4. The molecule has 0 aliphatic rings. The Kier molecular flexibility index (Phi) is 5.57. The minimum absolute atomic E-state index is 0.0440. The molecule has 2 rings (SSSR count). The molecule has 0 unspecified atom stereocenters. The average Bonchev–Trinajstić information content (AvgIpc) is 2.49. The van der Waals surface area contributed by atoms with Gasteiger partial charge in [-0.25, -0.2) is 14.2 Å². The Morgan fingerprint density at radius 2 is 2.05 bits per heavy atom. The number of halogens is 1. The lowest BCUT2D eigenvalue weighted by atomic mass is 10.3. The molecule has 0 saturated heterocycles. The molecule has 0 radical (unpaired) electrons. The zero-order valence-corrected chi connectivity index (χ0v) is 12.0. The van der Waals surface area contributed by atoms with Crippen molar-refractivity contribution in [1.82, 2.24) is 4.98 Å². The number of rotatable bonds is 7. The minimum Gasteiger partial charge on any atom is -0.494 e. The molecule has 6 heteroatoms. The highest BCUT2D eigenvalue weighted by atomic mass is 32.2. The first kappa shape index (κ1) is 15.3. The summed E-state index contributed by atoms with van der Waals surface area (Å²) in [5.74, 6) is 0.116. The van der Waals surface area contributed by atoms with E-state index >= 15 is 0 Å². The zero-order valence-electron chi connectivity index (χ0n) is 11.2. The Hall–Kier alpha value is -2.08. The fourth-order valence-corrected chi connectivity index (χ4v) is 2.44. The van der Waals surface area contributed by atoms with Crippen LogP contribution in [0.3, 0.4) is 0 Å². The van der Waals surface area contributed by atoms with Crippen molar-refractivity contribution in [3.8, 4) is 5.75 Å². The SMILES string of the molecule is O=C(O)c1cc(SCCCOc2ccc(F)cc2)ccn1. The smallest absolute Gasteiger partial charge is 0.354 e. The third kappa shape index (κ3) is 5.07. The number of aromatic carboxylic acids is 1. The number of carboxylic acid groups (broad SMARTS) is 1. The average molecular weight is 307 g/mol. The molecule has 0 aliphatic carbocycles. The van der Waals surface area contributed by atoms with Gasteiger partial charge in [0.15, 0.2) is 0 Å². The number of carboxylic acids is 1. The molecule has 1 N–H and O–H groups in total. The van der Waals surface area contributed by atoms with E-state index in [0.29, 0.717) is 12.4 Å². The summed E-state index contributed by atoms with van der Waals surface area (Å²) in [6.45, 7) is 0.523. The van der Waals surface area contributed by atoms with Gasteiger partial charge < -0.3 is 9.84 Å². The van der Waals surface area contributed by atoms with E-state index in [0.717, 1.165) is 17.1 Å². The molecule has 1 heterocycles. The van der Waals surface area contributed by atoms with Crippen molar-refractivity contribution in [3.63, 3.8) is 0 Å². The topological polar surface area (TPSA) is 59.4 Å². The van der Waals surface area contributed by atoms with Crippen LogP contribution in [0.4, 0.5) is 4.39 Å². The second-order valence-electron chi connectivity index (χ2n) is 4.19. The highest BCUT2D eigenvalue weighted by Gasteiger charge is 2.05. The maximum Gasteiger partial charge on any atom is 0.354 e. The van der Waals surface area contributed by atoms with Crippen LogP contribution in [0.25, 0.3) is 0 Å². The van der Waals surface area contributed by atoms with Crippen LogP contribution in [-0.4, -0.2) is 28.4 Å². The van der Waals surface area contributed by atoms with E-state index in [1.54, 1.807) is 36.0 Å². The van der Waals surface area contributed by atoms with Gasteiger partial charge in [0.25, 0.3) is 0 Å². The first-order chi connectivity index (χ1) is 10.1. The van der Waals surface area contributed by atoms with Crippen LogP contribution in [0.5, 0.6) is 5.75 Å². The predicted molar refractivity (Wildman–Crippen MR) is 78.4 cm³/mol. The van der Waals surface area contributed by atoms with Gasteiger partial charge in [-0.05, 0) is 42.8 Å². The Labute approximate surface area is 126 Å². The van der Waals surface area contributed by atoms with Crippen LogP contribution in [0.1, 0.15) is 16.9 Å². The number of nitrogens with zero attached hydrogens (tertiary/aromatic N) is 1. The monoisotopic (exact) mass is 307 g/mol. The molecule has 0 aliphatic heterocycles. The number of aromatic nitrogens is 1. The van der Waals surface area contributed by atoms with Gasteiger partial charge in [-0.15, -0.1) is 11.8 Å². The number of hydrogen-bond donors (Lipinski definition) is 1. The van der Waals surface area contributed by atoms with Crippen LogP contribution >= 0.6 is 11.8 Å². The van der Waals surface area contributed by atoms with E-state index in [-0.39, 0.29) is 11.5 Å². The van der Waals surface area contributed by atoms with Gasteiger partial charge in [0.2, 0.25) is 0 Å². The van der Waals surface area contributed by atoms with Crippen molar-refractivity contribution in [1.29, 1.82) is 0 Å². The van der Waals surface area contributed by atoms with Crippen LogP contribution in [0.15, 0.2) is 47.5 Å². The first-order valence-corrected chi connectivity index (χ1v) is 7.34. The highest BCUT2D eigenvalue weighted by Crippen LogP contribution is 2.19. The molecular weight excluding hydrogens is 293 g/mol. The molecular formula is C15H14FNO3S. The number of hydrogen-bond acceptors (Lipinski definition) is 4. The number of pyridine rings is 1. The molecule has 0 fully saturated rings.